The maximum Gasteiger partial charge on any atom is 0.355 e. The zero-order chi connectivity index (χ0) is 26.7. The monoisotopic (exact) mass is 511 g/mol. The molecule has 37 heavy (non-hydrogen) atoms. The molecule has 2 aliphatic heterocycles. The van der Waals surface area contributed by atoms with Crippen molar-refractivity contribution in [3.63, 3.8) is 0 Å². The van der Waals surface area contributed by atoms with Crippen LogP contribution in [0.2, 0.25) is 0 Å². The lowest BCUT2D eigenvalue weighted by Gasteiger charge is -2.45. The maximum absolute atomic E-state index is 14.0. The molecule has 10 heteroatoms. The van der Waals surface area contributed by atoms with Gasteiger partial charge >= 0.3 is 17.9 Å². The Morgan fingerprint density at radius 3 is 2.11 bits per heavy atom. The predicted octanol–water partition coefficient (Wildman–Crippen LogP) is 2.64. The second-order valence-corrected chi connectivity index (χ2v) is 9.06. The fourth-order valence-corrected chi connectivity index (χ4v) is 5.64. The third-order valence-electron chi connectivity index (χ3n) is 7.03. The molecule has 1 aromatic carbocycles. The van der Waals surface area contributed by atoms with E-state index in [0.717, 1.165) is 19.3 Å². The number of fused-ring (bicyclic) bond motifs is 2. The van der Waals surface area contributed by atoms with E-state index in [-0.39, 0.29) is 48.5 Å². The van der Waals surface area contributed by atoms with Gasteiger partial charge in [-0.2, -0.15) is 0 Å². The summed E-state index contributed by atoms with van der Waals surface area (Å²) in [4.78, 5) is 56.5. The fourth-order valence-electron chi connectivity index (χ4n) is 5.64. The number of carbonyl (C=O) groups excluding carboxylic acids is 4. The first-order chi connectivity index (χ1) is 17.8. The number of anilines is 1. The minimum absolute atomic E-state index is 0.0155. The van der Waals surface area contributed by atoms with E-state index in [0.29, 0.717) is 24.1 Å². The quantitative estimate of drug-likeness (QED) is 0.418. The molecule has 3 N–H and O–H groups in total. The number of nitrogens with two attached hydrogens (primary N) is 1. The molecule has 1 fully saturated rings. The number of amides is 1. The Labute approximate surface area is 215 Å². The second-order valence-electron chi connectivity index (χ2n) is 9.06. The van der Waals surface area contributed by atoms with Gasteiger partial charge in [0, 0.05) is 17.3 Å². The van der Waals surface area contributed by atoms with E-state index in [1.165, 1.54) is 4.90 Å². The number of rotatable bonds is 7. The van der Waals surface area contributed by atoms with Crippen LogP contribution >= 0.6 is 0 Å². The summed E-state index contributed by atoms with van der Waals surface area (Å²) in [6, 6.07) is 6.38. The first-order valence-corrected chi connectivity index (χ1v) is 12.8. The zero-order valence-electron chi connectivity index (χ0n) is 21.4. The molecule has 3 aliphatic rings. The molecule has 0 unspecified atom stereocenters. The van der Waals surface area contributed by atoms with Crippen LogP contribution in [-0.2, 0) is 38.8 Å². The summed E-state index contributed by atoms with van der Waals surface area (Å²) in [5.74, 6) is -3.38. The molecular weight excluding hydrogens is 478 g/mol. The number of nitrogens with one attached hydrogen (secondary N) is 1. The summed E-state index contributed by atoms with van der Waals surface area (Å²) < 4.78 is 16.2. The molecule has 1 amide bonds. The van der Waals surface area contributed by atoms with Gasteiger partial charge in [0.1, 0.15) is 22.5 Å². The Kier molecular flexibility index (Phi) is 7.56. The lowest BCUT2D eigenvalue weighted by Crippen LogP contribution is -2.55. The van der Waals surface area contributed by atoms with E-state index in [1.807, 2.05) is 0 Å². The highest BCUT2D eigenvalue weighted by Gasteiger charge is 2.63. The first kappa shape index (κ1) is 26.2. The van der Waals surface area contributed by atoms with Gasteiger partial charge in [-0.1, -0.05) is 37.5 Å². The van der Waals surface area contributed by atoms with Gasteiger partial charge in [0.25, 0.3) is 0 Å². The molecule has 0 radical (unpaired) electrons. The van der Waals surface area contributed by atoms with Crippen molar-refractivity contribution in [2.45, 2.75) is 64.3 Å². The van der Waals surface area contributed by atoms with Crippen LogP contribution in [0, 0.1) is 0 Å². The number of nitrogens with zero attached hydrogens (tertiary/aromatic N) is 1. The molecule has 0 saturated heterocycles. The van der Waals surface area contributed by atoms with Crippen molar-refractivity contribution in [2.75, 3.05) is 25.1 Å². The summed E-state index contributed by atoms with van der Waals surface area (Å²) in [6.07, 6.45) is 4.11. The molecule has 4 rings (SSSR count). The second kappa shape index (κ2) is 10.7. The van der Waals surface area contributed by atoms with Crippen LogP contribution < -0.4 is 11.1 Å². The standard InChI is InChI=1S/C27H33N3O7/c1-4-35-23(31)19-21(25(33)37-6-3)30(16-12-8-7-9-13-16)22(28)20(24(32)36-5-2)27(19)17-14-10-11-15-18(17)29-26(27)34/h10-11,14-16H,4-9,12-13,28H2,1-3H3,(H,29,34)/t27-/m0/s1. The van der Waals surface area contributed by atoms with Gasteiger partial charge in [-0.05, 0) is 39.7 Å². The normalized spacial score (nSPS) is 21.6. The lowest BCUT2D eigenvalue weighted by atomic mass is 9.66. The largest absolute Gasteiger partial charge is 0.463 e. The molecule has 1 atom stereocenters. The van der Waals surface area contributed by atoms with Gasteiger partial charge in [-0.25, -0.2) is 14.4 Å². The Morgan fingerprint density at radius 2 is 1.49 bits per heavy atom. The third-order valence-corrected chi connectivity index (χ3v) is 7.03. The lowest BCUT2D eigenvalue weighted by molar-refractivity contribution is -0.146. The van der Waals surface area contributed by atoms with Gasteiger partial charge in [0.2, 0.25) is 5.91 Å². The highest BCUT2D eigenvalue weighted by atomic mass is 16.5. The Balaban J connectivity index is 2.15. The van der Waals surface area contributed by atoms with Crippen LogP contribution in [0.15, 0.2) is 46.9 Å². The SMILES string of the molecule is CCOC(=O)C1=C(C(=O)OCC)[C@]2(C(=O)Nc3ccccc32)C(C(=O)OCC)=C(N)N1C1CCCCC1. The molecule has 1 spiro atoms. The van der Waals surface area contributed by atoms with Crippen molar-refractivity contribution in [1.82, 2.24) is 4.90 Å². The van der Waals surface area contributed by atoms with Crippen LogP contribution in [0.25, 0.3) is 0 Å². The van der Waals surface area contributed by atoms with Gasteiger partial charge in [0.05, 0.1) is 25.4 Å². The number of benzene rings is 1. The third kappa shape index (κ3) is 4.14. The number of carbonyl (C=O) groups is 4. The summed E-state index contributed by atoms with van der Waals surface area (Å²) in [7, 11) is 0. The summed E-state index contributed by atoms with van der Waals surface area (Å²) in [5, 5.41) is 2.77. The molecule has 0 bridgehead atoms. The number of hydrogen-bond acceptors (Lipinski definition) is 9. The Bertz CT molecular complexity index is 1180. The maximum atomic E-state index is 14.0. The molecule has 1 aliphatic carbocycles. The van der Waals surface area contributed by atoms with E-state index < -0.39 is 29.2 Å². The molecule has 10 nitrogen and oxygen atoms in total. The molecule has 0 aromatic heterocycles. The summed E-state index contributed by atoms with van der Waals surface area (Å²) in [5.41, 5.74) is 4.70. The van der Waals surface area contributed by atoms with Crippen molar-refractivity contribution in [3.05, 3.63) is 52.5 Å². The van der Waals surface area contributed by atoms with Crippen LogP contribution in [0.3, 0.4) is 0 Å². The minimum atomic E-state index is -2.06. The number of hydrogen-bond donors (Lipinski definition) is 2. The van der Waals surface area contributed by atoms with E-state index >= 15 is 0 Å². The van der Waals surface area contributed by atoms with Crippen molar-refractivity contribution >= 4 is 29.5 Å². The summed E-state index contributed by atoms with van der Waals surface area (Å²) in [6.45, 7) is 4.93. The number of para-hydroxylation sites is 1. The smallest absolute Gasteiger partial charge is 0.355 e. The zero-order valence-corrected chi connectivity index (χ0v) is 21.4. The van der Waals surface area contributed by atoms with Crippen LogP contribution in [-0.4, -0.2) is 54.6 Å². The van der Waals surface area contributed by atoms with E-state index in [2.05, 4.69) is 5.32 Å². The molecule has 1 aromatic rings. The fraction of sp³-hybridized carbons (Fsp3) is 0.481. The summed E-state index contributed by atoms with van der Waals surface area (Å²) >= 11 is 0. The molecule has 2 heterocycles. The van der Waals surface area contributed by atoms with Crippen molar-refractivity contribution < 1.29 is 33.4 Å². The number of esters is 3. The van der Waals surface area contributed by atoms with Gasteiger partial charge in [-0.15, -0.1) is 0 Å². The van der Waals surface area contributed by atoms with Crippen LogP contribution in [0.4, 0.5) is 5.69 Å². The first-order valence-electron chi connectivity index (χ1n) is 12.8. The average molecular weight is 512 g/mol. The van der Waals surface area contributed by atoms with Crippen molar-refractivity contribution in [2.24, 2.45) is 5.73 Å². The Morgan fingerprint density at radius 1 is 0.919 bits per heavy atom. The Hall–Kier alpha value is -3.82. The number of ether oxygens (including phenoxy) is 3. The van der Waals surface area contributed by atoms with Gasteiger partial charge in [-0.3, -0.25) is 4.79 Å². The van der Waals surface area contributed by atoms with Gasteiger partial charge < -0.3 is 30.2 Å². The van der Waals surface area contributed by atoms with Gasteiger partial charge in [0.15, 0.2) is 0 Å². The topological polar surface area (TPSA) is 137 Å². The molecule has 1 saturated carbocycles. The highest BCUT2D eigenvalue weighted by molar-refractivity contribution is 6.23. The van der Waals surface area contributed by atoms with E-state index in [9.17, 15) is 19.2 Å². The van der Waals surface area contributed by atoms with Crippen LogP contribution in [0.1, 0.15) is 58.4 Å². The minimum Gasteiger partial charge on any atom is -0.463 e. The highest BCUT2D eigenvalue weighted by Crippen LogP contribution is 2.54. The predicted molar refractivity (Wildman–Crippen MR) is 134 cm³/mol. The molecule has 198 valence electrons. The van der Waals surface area contributed by atoms with Crippen LogP contribution in [0.5, 0.6) is 0 Å². The average Bonchev–Trinajstić information content (AvgIpc) is 3.16. The van der Waals surface area contributed by atoms with Crippen molar-refractivity contribution in [1.29, 1.82) is 0 Å². The van der Waals surface area contributed by atoms with E-state index in [4.69, 9.17) is 19.9 Å². The van der Waals surface area contributed by atoms with Crippen molar-refractivity contribution in [3.8, 4) is 0 Å². The van der Waals surface area contributed by atoms with E-state index in [1.54, 1.807) is 45.0 Å². The molecular formula is C27H33N3O7.